The van der Waals surface area contributed by atoms with Crippen LogP contribution < -0.4 is 10.6 Å². The molecule has 0 aromatic carbocycles. The lowest BCUT2D eigenvalue weighted by molar-refractivity contribution is 0.620. The van der Waals surface area contributed by atoms with E-state index in [1.54, 1.807) is 0 Å². The molecule has 4 nitrogen and oxygen atoms in total. The van der Waals surface area contributed by atoms with Crippen LogP contribution in [-0.4, -0.2) is 23.1 Å². The van der Waals surface area contributed by atoms with Crippen molar-refractivity contribution in [2.75, 3.05) is 12.4 Å². The molecule has 114 valence electrons. The third-order valence-electron chi connectivity index (χ3n) is 4.05. The van der Waals surface area contributed by atoms with Crippen molar-refractivity contribution < 1.29 is 0 Å². The van der Waals surface area contributed by atoms with Gasteiger partial charge in [-0.2, -0.15) is 0 Å². The van der Waals surface area contributed by atoms with Gasteiger partial charge in [0.05, 0.1) is 5.69 Å². The molecule has 0 bridgehead atoms. The Morgan fingerprint density at radius 2 is 1.95 bits per heavy atom. The molecule has 4 heteroatoms. The number of dihydropyridines is 1. The minimum Gasteiger partial charge on any atom is -0.384 e. The van der Waals surface area contributed by atoms with E-state index in [0.29, 0.717) is 6.04 Å². The van der Waals surface area contributed by atoms with Crippen LogP contribution in [-0.2, 0) is 0 Å². The molecule has 3 heterocycles. The van der Waals surface area contributed by atoms with E-state index in [1.165, 1.54) is 12.0 Å². The Bertz CT molecular complexity index is 746. The maximum atomic E-state index is 4.62. The van der Waals surface area contributed by atoms with Gasteiger partial charge in [0.1, 0.15) is 5.82 Å². The molecule has 2 aromatic rings. The lowest BCUT2D eigenvalue weighted by Crippen LogP contribution is -2.25. The number of fused-ring (bicyclic) bond motifs is 1. The molecule has 2 N–H and O–H groups in total. The largest absolute Gasteiger partial charge is 0.384 e. The number of aromatic nitrogens is 2. The van der Waals surface area contributed by atoms with Crippen molar-refractivity contribution in [2.24, 2.45) is 0 Å². The summed E-state index contributed by atoms with van der Waals surface area (Å²) < 4.78 is 0. The Balaban J connectivity index is 1.92. The molecule has 0 saturated heterocycles. The summed E-state index contributed by atoms with van der Waals surface area (Å²) in [4.78, 5) is 9.00. The van der Waals surface area contributed by atoms with Gasteiger partial charge in [0, 0.05) is 48.0 Å². The topological polar surface area (TPSA) is 49.8 Å². The van der Waals surface area contributed by atoms with Crippen molar-refractivity contribution in [2.45, 2.75) is 32.7 Å². The Labute approximate surface area is 131 Å². The van der Waals surface area contributed by atoms with Crippen LogP contribution in [0.4, 0.5) is 5.82 Å². The van der Waals surface area contributed by atoms with Crippen LogP contribution in [0.5, 0.6) is 0 Å². The SMILES string of the molecule is CCCC1C=C(C)C(c2cc3cnc(NC)cc3cn2)=CN1. The summed E-state index contributed by atoms with van der Waals surface area (Å²) in [6.45, 7) is 4.37. The maximum Gasteiger partial charge on any atom is 0.126 e. The lowest BCUT2D eigenvalue weighted by atomic mass is 9.97. The predicted octanol–water partition coefficient (Wildman–Crippen LogP) is 3.73. The molecule has 0 fully saturated rings. The van der Waals surface area contributed by atoms with E-state index < -0.39 is 0 Å². The quantitative estimate of drug-likeness (QED) is 0.902. The highest BCUT2D eigenvalue weighted by Gasteiger charge is 2.14. The first-order chi connectivity index (χ1) is 10.7. The van der Waals surface area contributed by atoms with E-state index in [4.69, 9.17) is 0 Å². The monoisotopic (exact) mass is 294 g/mol. The smallest absolute Gasteiger partial charge is 0.126 e. The van der Waals surface area contributed by atoms with E-state index in [2.05, 4.69) is 52.8 Å². The first-order valence-corrected chi connectivity index (χ1v) is 7.80. The molecule has 1 aliphatic heterocycles. The Kier molecular flexibility index (Phi) is 4.09. The number of nitrogens with one attached hydrogen (secondary N) is 2. The van der Waals surface area contributed by atoms with Crippen molar-refractivity contribution in [3.63, 3.8) is 0 Å². The van der Waals surface area contributed by atoms with Crippen molar-refractivity contribution in [1.29, 1.82) is 0 Å². The third kappa shape index (κ3) is 2.82. The highest BCUT2D eigenvalue weighted by Crippen LogP contribution is 2.27. The van der Waals surface area contributed by atoms with Crippen LogP contribution in [0.25, 0.3) is 16.3 Å². The van der Waals surface area contributed by atoms with Gasteiger partial charge >= 0.3 is 0 Å². The third-order valence-corrected chi connectivity index (χ3v) is 4.05. The molecule has 0 radical (unpaired) electrons. The van der Waals surface area contributed by atoms with Crippen molar-refractivity contribution in [3.05, 3.63) is 48.1 Å². The summed E-state index contributed by atoms with van der Waals surface area (Å²) in [6.07, 6.45) is 10.5. The van der Waals surface area contributed by atoms with Crippen LogP contribution in [0.15, 0.2) is 42.4 Å². The van der Waals surface area contributed by atoms with Crippen molar-refractivity contribution in [1.82, 2.24) is 15.3 Å². The Hall–Kier alpha value is -2.36. The Morgan fingerprint density at radius 3 is 2.68 bits per heavy atom. The van der Waals surface area contributed by atoms with E-state index in [9.17, 15) is 0 Å². The fourth-order valence-electron chi connectivity index (χ4n) is 2.82. The zero-order valence-electron chi connectivity index (χ0n) is 13.4. The molecule has 2 aromatic heterocycles. The molecule has 0 aliphatic carbocycles. The highest BCUT2D eigenvalue weighted by atomic mass is 14.9. The van der Waals surface area contributed by atoms with Crippen molar-refractivity contribution in [3.8, 4) is 0 Å². The van der Waals surface area contributed by atoms with Gasteiger partial charge in [-0.1, -0.05) is 19.4 Å². The molecule has 0 spiro atoms. The number of rotatable bonds is 4. The van der Waals surface area contributed by atoms with Crippen LogP contribution in [0.3, 0.4) is 0 Å². The minimum absolute atomic E-state index is 0.439. The second-order valence-corrected chi connectivity index (χ2v) is 5.71. The van der Waals surface area contributed by atoms with Gasteiger partial charge < -0.3 is 10.6 Å². The van der Waals surface area contributed by atoms with Crippen LogP contribution >= 0.6 is 0 Å². The molecule has 1 unspecified atom stereocenters. The lowest BCUT2D eigenvalue weighted by Gasteiger charge is -2.21. The van der Waals surface area contributed by atoms with Gasteiger partial charge in [0.2, 0.25) is 0 Å². The maximum absolute atomic E-state index is 4.62. The summed E-state index contributed by atoms with van der Waals surface area (Å²) >= 11 is 0. The standard InChI is InChI=1S/C18H22N4/c1-4-5-15-6-12(2)16(11-20-15)17-7-13-10-22-18(19-3)8-14(13)9-21-17/h6-11,15,20H,4-5H2,1-3H3,(H,19,22). The van der Waals surface area contributed by atoms with Crippen LogP contribution in [0.1, 0.15) is 32.4 Å². The second kappa shape index (κ2) is 6.18. The molecular formula is C18H22N4. The van der Waals surface area contributed by atoms with Crippen LogP contribution in [0.2, 0.25) is 0 Å². The van der Waals surface area contributed by atoms with Gasteiger partial charge in [0.15, 0.2) is 0 Å². The Morgan fingerprint density at radius 1 is 1.18 bits per heavy atom. The number of hydrogen-bond acceptors (Lipinski definition) is 4. The summed E-state index contributed by atoms with van der Waals surface area (Å²) in [7, 11) is 1.87. The molecule has 22 heavy (non-hydrogen) atoms. The van der Waals surface area contributed by atoms with E-state index in [-0.39, 0.29) is 0 Å². The van der Waals surface area contributed by atoms with Crippen molar-refractivity contribution >= 4 is 22.2 Å². The molecule has 3 rings (SSSR count). The predicted molar refractivity (Wildman–Crippen MR) is 92.7 cm³/mol. The molecule has 0 amide bonds. The fourth-order valence-corrected chi connectivity index (χ4v) is 2.82. The first kappa shape index (κ1) is 14.6. The summed E-state index contributed by atoms with van der Waals surface area (Å²) in [6, 6.07) is 4.56. The normalized spacial score (nSPS) is 17.7. The fraction of sp³-hybridized carbons (Fsp3) is 0.333. The molecule has 1 aliphatic rings. The number of nitrogens with zero attached hydrogens (tertiary/aromatic N) is 2. The summed E-state index contributed by atoms with van der Waals surface area (Å²) in [5.41, 5.74) is 3.43. The van der Waals surface area contributed by atoms with Gasteiger partial charge in [-0.05, 0) is 31.1 Å². The highest BCUT2D eigenvalue weighted by molar-refractivity contribution is 5.88. The zero-order chi connectivity index (χ0) is 15.5. The van der Waals surface area contributed by atoms with Gasteiger partial charge in [-0.3, -0.25) is 4.98 Å². The summed E-state index contributed by atoms with van der Waals surface area (Å²) in [5, 5.41) is 8.71. The van der Waals surface area contributed by atoms with E-state index >= 15 is 0 Å². The molecule has 0 saturated carbocycles. The summed E-state index contributed by atoms with van der Waals surface area (Å²) in [5.74, 6) is 0.860. The number of pyridine rings is 2. The van der Waals surface area contributed by atoms with E-state index in [0.717, 1.165) is 34.3 Å². The zero-order valence-corrected chi connectivity index (χ0v) is 13.4. The molecule has 1 atom stereocenters. The first-order valence-electron chi connectivity index (χ1n) is 7.80. The van der Waals surface area contributed by atoms with Gasteiger partial charge in [0.25, 0.3) is 0 Å². The van der Waals surface area contributed by atoms with E-state index in [1.807, 2.05) is 25.5 Å². The number of allylic oxidation sites excluding steroid dienone is 2. The number of anilines is 1. The number of hydrogen-bond donors (Lipinski definition) is 2. The average Bonchev–Trinajstić information content (AvgIpc) is 2.54. The second-order valence-electron chi connectivity index (χ2n) is 5.71. The average molecular weight is 294 g/mol. The van der Waals surface area contributed by atoms with Gasteiger partial charge in [-0.15, -0.1) is 0 Å². The molecular weight excluding hydrogens is 272 g/mol. The minimum atomic E-state index is 0.439. The van der Waals surface area contributed by atoms with Crippen LogP contribution in [0, 0.1) is 0 Å². The van der Waals surface area contributed by atoms with Gasteiger partial charge in [-0.25, -0.2) is 4.98 Å².